The first-order valence-corrected chi connectivity index (χ1v) is 4.66. The number of fused-ring (bicyclic) bond motifs is 1. The zero-order valence-corrected chi connectivity index (χ0v) is 8.25. The van der Waals surface area contributed by atoms with Crippen LogP contribution in [0.1, 0.15) is 5.56 Å². The molecule has 0 atom stereocenters. The van der Waals surface area contributed by atoms with Crippen molar-refractivity contribution in [2.75, 3.05) is 0 Å². The van der Waals surface area contributed by atoms with E-state index in [1.165, 1.54) is 0 Å². The van der Waals surface area contributed by atoms with Crippen LogP contribution in [0.2, 0.25) is 5.15 Å². The first-order chi connectivity index (χ1) is 6.81. The van der Waals surface area contributed by atoms with Gasteiger partial charge in [0.15, 0.2) is 0 Å². The molecule has 0 saturated carbocycles. The minimum atomic E-state index is 0.502. The van der Waals surface area contributed by atoms with Gasteiger partial charge in [-0.3, -0.25) is 0 Å². The number of benzene rings is 1. The van der Waals surface area contributed by atoms with Crippen LogP contribution in [0.5, 0.6) is 0 Å². The van der Waals surface area contributed by atoms with Crippen LogP contribution in [-0.2, 0) is 6.42 Å². The number of pyridine rings is 1. The van der Waals surface area contributed by atoms with E-state index in [1.807, 2.05) is 30.3 Å². The van der Waals surface area contributed by atoms with Gasteiger partial charge in [0.05, 0.1) is 5.52 Å². The number of aromatic nitrogens is 1. The number of nitrogens with zero attached hydrogens (tertiary/aromatic N) is 1. The predicted octanol–water partition coefficient (Wildman–Crippen LogP) is 3.06. The summed E-state index contributed by atoms with van der Waals surface area (Å²) in [5.74, 6) is 2.57. The topological polar surface area (TPSA) is 12.9 Å². The van der Waals surface area contributed by atoms with Crippen molar-refractivity contribution < 1.29 is 0 Å². The smallest absolute Gasteiger partial charge is 0.133 e. The van der Waals surface area contributed by atoms with Crippen LogP contribution < -0.4 is 0 Å². The average molecular weight is 202 g/mol. The molecule has 14 heavy (non-hydrogen) atoms. The highest BCUT2D eigenvalue weighted by Gasteiger charge is 2.02. The maximum Gasteiger partial charge on any atom is 0.133 e. The van der Waals surface area contributed by atoms with E-state index in [0.29, 0.717) is 11.6 Å². The second-order valence-electron chi connectivity index (χ2n) is 3.01. The summed E-state index contributed by atoms with van der Waals surface area (Å²) < 4.78 is 0. The van der Waals surface area contributed by atoms with Gasteiger partial charge in [-0.1, -0.05) is 29.8 Å². The molecule has 0 bridgehead atoms. The molecule has 0 spiro atoms. The molecule has 1 heterocycles. The summed E-state index contributed by atoms with van der Waals surface area (Å²) in [6.45, 7) is 0. The van der Waals surface area contributed by atoms with Crippen LogP contribution in [0.25, 0.3) is 10.9 Å². The molecule has 0 amide bonds. The number of halogens is 1. The molecule has 68 valence electrons. The zero-order chi connectivity index (χ0) is 9.97. The molecule has 1 aromatic heterocycles. The van der Waals surface area contributed by atoms with Crippen molar-refractivity contribution in [2.45, 2.75) is 6.42 Å². The Morgan fingerprint density at radius 2 is 2.14 bits per heavy atom. The van der Waals surface area contributed by atoms with E-state index in [4.69, 9.17) is 18.0 Å². The van der Waals surface area contributed by atoms with Crippen LogP contribution in [0.4, 0.5) is 0 Å². The summed E-state index contributed by atoms with van der Waals surface area (Å²) in [5.41, 5.74) is 1.81. The van der Waals surface area contributed by atoms with Crippen molar-refractivity contribution in [1.29, 1.82) is 0 Å². The number of rotatable bonds is 1. The van der Waals surface area contributed by atoms with Crippen LogP contribution in [0.15, 0.2) is 30.3 Å². The molecular formula is C12H8ClN. The SMILES string of the molecule is C#CCc1cc2ccccc2nc1Cl. The third-order valence-corrected chi connectivity index (χ3v) is 2.37. The van der Waals surface area contributed by atoms with Crippen molar-refractivity contribution in [3.05, 3.63) is 41.0 Å². The molecule has 1 nitrogen and oxygen atoms in total. The molecule has 0 aliphatic heterocycles. The predicted molar refractivity (Wildman–Crippen MR) is 59.3 cm³/mol. The Morgan fingerprint density at radius 1 is 1.36 bits per heavy atom. The Bertz CT molecular complexity index is 511. The van der Waals surface area contributed by atoms with Crippen molar-refractivity contribution >= 4 is 22.5 Å². The fourth-order valence-electron chi connectivity index (χ4n) is 1.37. The lowest BCUT2D eigenvalue weighted by Crippen LogP contribution is -1.88. The van der Waals surface area contributed by atoms with E-state index in [2.05, 4.69) is 10.9 Å². The highest BCUT2D eigenvalue weighted by Crippen LogP contribution is 2.20. The Labute approximate surface area is 87.7 Å². The lowest BCUT2D eigenvalue weighted by molar-refractivity contribution is 1.26. The summed E-state index contributed by atoms with van der Waals surface area (Å²) >= 11 is 5.98. The lowest BCUT2D eigenvalue weighted by atomic mass is 10.1. The number of hydrogen-bond donors (Lipinski definition) is 0. The summed E-state index contributed by atoms with van der Waals surface area (Å²) in [6, 6.07) is 9.83. The molecule has 0 fully saturated rings. The van der Waals surface area contributed by atoms with E-state index in [9.17, 15) is 0 Å². The van der Waals surface area contributed by atoms with Gasteiger partial charge in [0.1, 0.15) is 5.15 Å². The second kappa shape index (κ2) is 3.69. The van der Waals surface area contributed by atoms with Gasteiger partial charge < -0.3 is 0 Å². The lowest BCUT2D eigenvalue weighted by Gasteiger charge is -2.02. The molecule has 2 heteroatoms. The van der Waals surface area contributed by atoms with Gasteiger partial charge in [-0.2, -0.15) is 0 Å². The summed E-state index contributed by atoms with van der Waals surface area (Å²) in [6.07, 6.45) is 5.76. The van der Waals surface area contributed by atoms with Crippen molar-refractivity contribution in [2.24, 2.45) is 0 Å². The zero-order valence-electron chi connectivity index (χ0n) is 7.50. The van der Waals surface area contributed by atoms with Gasteiger partial charge in [-0.05, 0) is 12.1 Å². The van der Waals surface area contributed by atoms with E-state index in [0.717, 1.165) is 16.5 Å². The molecule has 0 aliphatic rings. The summed E-state index contributed by atoms with van der Waals surface area (Å²) in [5, 5.41) is 1.57. The molecule has 2 aromatic rings. The number of terminal acetylenes is 1. The van der Waals surface area contributed by atoms with Gasteiger partial charge in [0.25, 0.3) is 0 Å². The molecular weight excluding hydrogens is 194 g/mol. The highest BCUT2D eigenvalue weighted by atomic mass is 35.5. The molecule has 2 rings (SSSR count). The maximum absolute atomic E-state index is 5.98. The Hall–Kier alpha value is -1.52. The van der Waals surface area contributed by atoms with Gasteiger partial charge in [0.2, 0.25) is 0 Å². The Kier molecular flexibility index (Phi) is 2.39. The largest absolute Gasteiger partial charge is 0.236 e. The normalized spacial score (nSPS) is 10.0. The third-order valence-electron chi connectivity index (χ3n) is 2.04. The first kappa shape index (κ1) is 9.05. The molecule has 1 aromatic carbocycles. The van der Waals surface area contributed by atoms with Crippen LogP contribution >= 0.6 is 11.6 Å². The number of para-hydroxylation sites is 1. The van der Waals surface area contributed by atoms with Crippen molar-refractivity contribution in [3.63, 3.8) is 0 Å². The highest BCUT2D eigenvalue weighted by molar-refractivity contribution is 6.30. The fourth-order valence-corrected chi connectivity index (χ4v) is 1.58. The van der Waals surface area contributed by atoms with Gasteiger partial charge in [-0.25, -0.2) is 4.98 Å². The van der Waals surface area contributed by atoms with Gasteiger partial charge >= 0.3 is 0 Å². The number of hydrogen-bond acceptors (Lipinski definition) is 1. The van der Waals surface area contributed by atoms with Crippen LogP contribution in [0.3, 0.4) is 0 Å². The third kappa shape index (κ3) is 1.57. The van der Waals surface area contributed by atoms with Gasteiger partial charge in [0, 0.05) is 17.4 Å². The van der Waals surface area contributed by atoms with E-state index in [1.54, 1.807) is 0 Å². The first-order valence-electron chi connectivity index (χ1n) is 4.29. The van der Waals surface area contributed by atoms with Gasteiger partial charge in [-0.15, -0.1) is 12.3 Å². The minimum absolute atomic E-state index is 0.502. The van der Waals surface area contributed by atoms with E-state index >= 15 is 0 Å². The van der Waals surface area contributed by atoms with Crippen molar-refractivity contribution in [3.8, 4) is 12.3 Å². The van der Waals surface area contributed by atoms with Crippen LogP contribution in [-0.4, -0.2) is 4.98 Å². The molecule has 0 N–H and O–H groups in total. The minimum Gasteiger partial charge on any atom is -0.236 e. The Morgan fingerprint density at radius 3 is 2.93 bits per heavy atom. The monoisotopic (exact) mass is 201 g/mol. The van der Waals surface area contributed by atoms with Crippen molar-refractivity contribution in [1.82, 2.24) is 4.98 Å². The molecule has 0 aliphatic carbocycles. The molecule has 0 saturated heterocycles. The van der Waals surface area contributed by atoms with Crippen LogP contribution in [0, 0.1) is 12.3 Å². The Balaban J connectivity index is 2.66. The standard InChI is InChI=1S/C12H8ClN/c1-2-5-10-8-9-6-3-4-7-11(9)14-12(10)13/h1,3-4,6-8H,5H2. The summed E-state index contributed by atoms with van der Waals surface area (Å²) in [7, 11) is 0. The molecule has 0 unspecified atom stereocenters. The quantitative estimate of drug-likeness (QED) is 0.511. The average Bonchev–Trinajstić information content (AvgIpc) is 2.19. The summed E-state index contributed by atoms with van der Waals surface area (Å²) in [4.78, 5) is 4.26. The second-order valence-corrected chi connectivity index (χ2v) is 3.37. The maximum atomic E-state index is 5.98. The molecule has 0 radical (unpaired) electrons. The van der Waals surface area contributed by atoms with E-state index < -0.39 is 0 Å². The van der Waals surface area contributed by atoms with E-state index in [-0.39, 0.29) is 0 Å². The fraction of sp³-hybridized carbons (Fsp3) is 0.0833.